The van der Waals surface area contributed by atoms with E-state index < -0.39 is 5.92 Å². The molecule has 18 heavy (non-hydrogen) atoms. The predicted octanol–water partition coefficient (Wildman–Crippen LogP) is 3.15. The molecule has 2 nitrogen and oxygen atoms in total. The van der Waals surface area contributed by atoms with Crippen molar-refractivity contribution in [3.63, 3.8) is 0 Å². The summed E-state index contributed by atoms with van der Waals surface area (Å²) in [4.78, 5) is 23.0. The predicted molar refractivity (Wildman–Crippen MR) is 70.3 cm³/mol. The molecule has 2 heteroatoms. The number of benzene rings is 2. The summed E-state index contributed by atoms with van der Waals surface area (Å²) in [6, 6.07) is 18.4. The van der Waals surface area contributed by atoms with Crippen molar-refractivity contribution in [2.24, 2.45) is 0 Å². The molecule has 0 aromatic heterocycles. The van der Waals surface area contributed by atoms with Crippen molar-refractivity contribution in [3.8, 4) is 0 Å². The highest BCUT2D eigenvalue weighted by atomic mass is 16.1. The molecule has 0 fully saturated rings. The number of carbonyl (C=O) groups is 1. The Kier molecular flexibility index (Phi) is 4.02. The molecule has 0 saturated carbocycles. The van der Waals surface area contributed by atoms with Crippen LogP contribution in [0, 0.1) is 0 Å². The lowest BCUT2D eigenvalue weighted by atomic mass is 9.88. The van der Waals surface area contributed by atoms with E-state index in [0.29, 0.717) is 5.56 Å². The average Bonchev–Trinajstić information content (AvgIpc) is 2.46. The monoisotopic (exact) mass is 237 g/mol. The van der Waals surface area contributed by atoms with E-state index in [-0.39, 0.29) is 12.2 Å². The van der Waals surface area contributed by atoms with Gasteiger partial charge in [0.1, 0.15) is 0 Å². The van der Waals surface area contributed by atoms with Crippen molar-refractivity contribution >= 4 is 12.1 Å². The Labute approximate surface area is 106 Å². The molecule has 0 heterocycles. The molecule has 2 aromatic carbocycles. The molecule has 0 amide bonds. The van der Waals surface area contributed by atoms with E-state index in [2.05, 4.69) is 0 Å². The molecule has 1 unspecified atom stereocenters. The second-order valence-electron chi connectivity index (χ2n) is 4.04. The summed E-state index contributed by atoms with van der Waals surface area (Å²) in [6.45, 7) is 0. The van der Waals surface area contributed by atoms with Crippen molar-refractivity contribution in [2.45, 2.75) is 12.3 Å². The summed E-state index contributed by atoms with van der Waals surface area (Å²) < 4.78 is 0. The Morgan fingerprint density at radius 3 is 2.06 bits per heavy atom. The van der Waals surface area contributed by atoms with E-state index in [9.17, 15) is 9.59 Å². The van der Waals surface area contributed by atoms with Crippen molar-refractivity contribution in [3.05, 3.63) is 71.8 Å². The van der Waals surface area contributed by atoms with Gasteiger partial charge >= 0.3 is 0 Å². The van der Waals surface area contributed by atoms with Crippen LogP contribution < -0.4 is 0 Å². The summed E-state index contributed by atoms with van der Waals surface area (Å²) in [7, 11) is 0. The van der Waals surface area contributed by atoms with Gasteiger partial charge in [-0.25, -0.2) is 0 Å². The summed E-state index contributed by atoms with van der Waals surface area (Å²) in [5, 5.41) is 0. The smallest absolute Gasteiger partial charge is 0.199 e. The first-order valence-electron chi connectivity index (χ1n) is 5.82. The quantitative estimate of drug-likeness (QED) is 0.748. The highest BCUT2D eigenvalue weighted by Crippen LogP contribution is 2.23. The number of Topliss-reactive ketones (excluding diaryl/α,β-unsaturated/α-hetero) is 1. The summed E-state index contributed by atoms with van der Waals surface area (Å²) in [5.41, 5.74) is 1.48. The lowest BCUT2D eigenvalue weighted by molar-refractivity contribution is 0.0961. The zero-order chi connectivity index (χ0) is 12.8. The van der Waals surface area contributed by atoms with Crippen LogP contribution in [0.25, 0.3) is 0 Å². The van der Waals surface area contributed by atoms with Gasteiger partial charge in [0.2, 0.25) is 0 Å². The second kappa shape index (κ2) is 5.92. The molecule has 0 saturated heterocycles. The largest absolute Gasteiger partial charge is 0.293 e. The maximum Gasteiger partial charge on any atom is 0.199 e. The van der Waals surface area contributed by atoms with Crippen molar-refractivity contribution < 1.29 is 9.59 Å². The zero-order valence-electron chi connectivity index (χ0n) is 9.87. The molecule has 2 aromatic rings. The number of ketones is 1. The Bertz CT molecular complexity index is 517. The van der Waals surface area contributed by atoms with Gasteiger partial charge in [0.25, 0.3) is 0 Å². The van der Waals surface area contributed by atoms with Gasteiger partial charge in [0, 0.05) is 12.0 Å². The van der Waals surface area contributed by atoms with Crippen molar-refractivity contribution in [1.29, 1.82) is 0 Å². The van der Waals surface area contributed by atoms with Gasteiger partial charge in [0.15, 0.2) is 12.1 Å². The van der Waals surface area contributed by atoms with E-state index in [1.165, 1.54) is 0 Å². The lowest BCUT2D eigenvalue weighted by Crippen LogP contribution is -2.13. The molecule has 0 aliphatic heterocycles. The van der Waals surface area contributed by atoms with Crippen LogP contribution in [0.5, 0.6) is 0 Å². The highest BCUT2D eigenvalue weighted by molar-refractivity contribution is 6.01. The van der Waals surface area contributed by atoms with Gasteiger partial charge in [-0.2, -0.15) is 0 Å². The van der Waals surface area contributed by atoms with Crippen LogP contribution in [0.4, 0.5) is 0 Å². The number of rotatable bonds is 5. The normalized spacial score (nSPS) is 11.8. The van der Waals surface area contributed by atoms with Gasteiger partial charge in [-0.3, -0.25) is 9.59 Å². The summed E-state index contributed by atoms with van der Waals surface area (Å²) in [5.74, 6) is -0.476. The van der Waals surface area contributed by atoms with E-state index >= 15 is 0 Å². The minimum absolute atomic E-state index is 0.0369. The SMILES string of the molecule is O=[C]CC(C(=O)c1ccccc1)c1ccccc1. The highest BCUT2D eigenvalue weighted by Gasteiger charge is 2.21. The second-order valence-corrected chi connectivity index (χ2v) is 4.04. The fourth-order valence-electron chi connectivity index (χ4n) is 1.93. The fraction of sp³-hybridized carbons (Fsp3) is 0.125. The Hall–Kier alpha value is -2.22. The van der Waals surface area contributed by atoms with E-state index in [1.54, 1.807) is 12.1 Å². The van der Waals surface area contributed by atoms with Crippen LogP contribution >= 0.6 is 0 Å². The number of carbonyl (C=O) groups excluding carboxylic acids is 2. The molecule has 0 aliphatic rings. The van der Waals surface area contributed by atoms with Crippen LogP contribution in [-0.4, -0.2) is 12.1 Å². The third-order valence-electron chi connectivity index (χ3n) is 2.86. The molecule has 2 rings (SSSR count). The number of hydrogen-bond acceptors (Lipinski definition) is 2. The Morgan fingerprint density at radius 1 is 0.944 bits per heavy atom. The average molecular weight is 237 g/mol. The van der Waals surface area contributed by atoms with Gasteiger partial charge in [-0.1, -0.05) is 60.7 Å². The molecule has 0 N–H and O–H groups in total. The maximum atomic E-state index is 12.4. The first-order valence-corrected chi connectivity index (χ1v) is 5.82. The maximum absolute atomic E-state index is 12.4. The third-order valence-corrected chi connectivity index (χ3v) is 2.86. The van der Waals surface area contributed by atoms with Crippen molar-refractivity contribution in [1.82, 2.24) is 0 Å². The third kappa shape index (κ3) is 2.72. The van der Waals surface area contributed by atoms with Gasteiger partial charge in [0.05, 0.1) is 5.92 Å². The Morgan fingerprint density at radius 2 is 1.50 bits per heavy atom. The summed E-state index contributed by atoms with van der Waals surface area (Å²) in [6.07, 6.45) is 1.94. The zero-order valence-corrected chi connectivity index (χ0v) is 9.87. The minimum atomic E-state index is -0.439. The van der Waals surface area contributed by atoms with Crippen molar-refractivity contribution in [2.75, 3.05) is 0 Å². The molecule has 0 spiro atoms. The van der Waals surface area contributed by atoms with Gasteiger partial charge in [-0.15, -0.1) is 0 Å². The molecule has 0 bridgehead atoms. The molecular weight excluding hydrogens is 224 g/mol. The van der Waals surface area contributed by atoms with Crippen LogP contribution in [0.2, 0.25) is 0 Å². The summed E-state index contributed by atoms with van der Waals surface area (Å²) >= 11 is 0. The van der Waals surface area contributed by atoms with E-state index in [0.717, 1.165) is 5.56 Å². The fourth-order valence-corrected chi connectivity index (χ4v) is 1.93. The Balaban J connectivity index is 2.32. The molecule has 89 valence electrons. The molecule has 0 aliphatic carbocycles. The van der Waals surface area contributed by atoms with Crippen LogP contribution in [0.1, 0.15) is 28.3 Å². The number of hydrogen-bond donors (Lipinski definition) is 0. The van der Waals surface area contributed by atoms with Crippen LogP contribution in [-0.2, 0) is 4.79 Å². The lowest BCUT2D eigenvalue weighted by Gasteiger charge is -2.13. The van der Waals surface area contributed by atoms with Gasteiger partial charge < -0.3 is 0 Å². The van der Waals surface area contributed by atoms with Crippen LogP contribution in [0.15, 0.2) is 60.7 Å². The van der Waals surface area contributed by atoms with E-state index in [4.69, 9.17) is 0 Å². The molecular formula is C16H13O2. The first-order chi connectivity index (χ1) is 8.83. The topological polar surface area (TPSA) is 34.1 Å². The standard InChI is InChI=1S/C16H13O2/c17-12-11-15(13-7-3-1-4-8-13)16(18)14-9-5-2-6-10-14/h1-10,15H,11H2. The molecule has 1 atom stereocenters. The minimum Gasteiger partial charge on any atom is -0.293 e. The molecule has 1 radical (unpaired) electrons. The first kappa shape index (κ1) is 12.2. The van der Waals surface area contributed by atoms with Crippen LogP contribution in [0.3, 0.4) is 0 Å². The van der Waals surface area contributed by atoms with E-state index in [1.807, 2.05) is 54.8 Å². The van der Waals surface area contributed by atoms with Gasteiger partial charge in [-0.05, 0) is 5.56 Å².